The molecule has 1 aliphatic carbocycles. The van der Waals surface area contributed by atoms with Crippen LogP contribution >= 0.6 is 11.3 Å². The summed E-state index contributed by atoms with van der Waals surface area (Å²) in [6.07, 6.45) is 3.33. The molecule has 25 heavy (non-hydrogen) atoms. The maximum atomic E-state index is 12.7. The van der Waals surface area contributed by atoms with Crippen molar-refractivity contribution in [3.05, 3.63) is 17.0 Å². The van der Waals surface area contributed by atoms with Gasteiger partial charge in [0.1, 0.15) is 11.0 Å². The molecule has 0 bridgehead atoms. The number of thiophene rings is 1. The van der Waals surface area contributed by atoms with Crippen molar-refractivity contribution in [2.75, 3.05) is 25.1 Å². The van der Waals surface area contributed by atoms with Gasteiger partial charge in [-0.3, -0.25) is 9.59 Å². The van der Waals surface area contributed by atoms with Gasteiger partial charge in [-0.05, 0) is 43.2 Å². The topological polar surface area (TPSA) is 102 Å². The van der Waals surface area contributed by atoms with Gasteiger partial charge in [-0.15, -0.1) is 11.3 Å². The van der Waals surface area contributed by atoms with Crippen molar-refractivity contribution in [2.24, 2.45) is 17.6 Å². The van der Waals surface area contributed by atoms with Gasteiger partial charge in [-0.2, -0.15) is 0 Å². The number of amides is 2. The average molecular weight is 365 g/mol. The Kier molecular flexibility index (Phi) is 5.39. The number of ether oxygens (including phenoxy) is 1. The third-order valence-electron chi connectivity index (χ3n) is 5.12. The van der Waals surface area contributed by atoms with Crippen molar-refractivity contribution in [3.63, 3.8) is 0 Å². The van der Waals surface area contributed by atoms with Crippen LogP contribution in [0, 0.1) is 11.8 Å². The minimum Gasteiger partial charge on any atom is -0.465 e. The van der Waals surface area contributed by atoms with Crippen molar-refractivity contribution in [1.29, 1.82) is 0 Å². The maximum Gasteiger partial charge on any atom is 0.340 e. The van der Waals surface area contributed by atoms with E-state index in [1.807, 2.05) is 0 Å². The molecule has 0 aromatic carbocycles. The zero-order valence-electron chi connectivity index (χ0n) is 14.2. The maximum absolute atomic E-state index is 12.7. The molecule has 136 valence electrons. The molecular formula is C17H23N3O4S. The van der Waals surface area contributed by atoms with Gasteiger partial charge in [0.25, 0.3) is 0 Å². The molecule has 7 nitrogen and oxygen atoms in total. The molecule has 0 spiro atoms. The summed E-state index contributed by atoms with van der Waals surface area (Å²) in [5, 5.41) is 5.23. The number of esters is 1. The summed E-state index contributed by atoms with van der Waals surface area (Å²) in [6, 6.07) is 1.11. The van der Waals surface area contributed by atoms with Crippen LogP contribution in [-0.4, -0.2) is 44.0 Å². The molecule has 1 aromatic heterocycles. The Morgan fingerprint density at radius 3 is 2.92 bits per heavy atom. The predicted molar refractivity (Wildman–Crippen MR) is 94.4 cm³/mol. The SMILES string of the molecule is COC(=O)c1ccsc1N1CCC(NC(=O)[C@@H]2CCC[C@@H]2CN)C1=O. The van der Waals surface area contributed by atoms with E-state index in [4.69, 9.17) is 10.5 Å². The van der Waals surface area contributed by atoms with Crippen molar-refractivity contribution in [2.45, 2.75) is 31.7 Å². The lowest BCUT2D eigenvalue weighted by atomic mass is 9.95. The van der Waals surface area contributed by atoms with Crippen molar-refractivity contribution in [3.8, 4) is 0 Å². The Balaban J connectivity index is 1.67. The molecule has 0 radical (unpaired) electrons. The molecule has 2 fully saturated rings. The largest absolute Gasteiger partial charge is 0.465 e. The second kappa shape index (κ2) is 7.53. The van der Waals surface area contributed by atoms with Gasteiger partial charge < -0.3 is 20.7 Å². The molecule has 1 saturated carbocycles. The number of carbonyl (C=O) groups is 3. The fourth-order valence-electron chi connectivity index (χ4n) is 3.73. The van der Waals surface area contributed by atoms with E-state index in [1.165, 1.54) is 18.4 Å². The summed E-state index contributed by atoms with van der Waals surface area (Å²) in [7, 11) is 1.31. The molecule has 1 unspecified atom stereocenters. The minimum absolute atomic E-state index is 0.0764. The Bertz CT molecular complexity index is 675. The first-order valence-electron chi connectivity index (χ1n) is 8.54. The zero-order valence-corrected chi connectivity index (χ0v) is 15.0. The highest BCUT2D eigenvalue weighted by Crippen LogP contribution is 2.33. The van der Waals surface area contributed by atoms with Crippen LogP contribution < -0.4 is 16.0 Å². The summed E-state index contributed by atoms with van der Waals surface area (Å²) in [4.78, 5) is 38.6. The number of rotatable bonds is 5. The lowest BCUT2D eigenvalue weighted by Gasteiger charge is -2.20. The molecular weight excluding hydrogens is 342 g/mol. The number of hydrogen-bond donors (Lipinski definition) is 2. The van der Waals surface area contributed by atoms with Crippen LogP contribution in [0.1, 0.15) is 36.0 Å². The van der Waals surface area contributed by atoms with Gasteiger partial charge in [0, 0.05) is 12.5 Å². The fourth-order valence-corrected chi connectivity index (χ4v) is 4.65. The first kappa shape index (κ1) is 17.9. The number of methoxy groups -OCH3 is 1. The summed E-state index contributed by atoms with van der Waals surface area (Å²) in [5.41, 5.74) is 6.13. The average Bonchev–Trinajstić information content (AvgIpc) is 3.34. The third kappa shape index (κ3) is 3.41. The van der Waals surface area contributed by atoms with Crippen LogP contribution in [0.25, 0.3) is 0 Å². The first-order valence-corrected chi connectivity index (χ1v) is 9.42. The molecule has 3 N–H and O–H groups in total. The molecule has 1 aromatic rings. The minimum atomic E-state index is -0.542. The monoisotopic (exact) mass is 365 g/mol. The van der Waals surface area contributed by atoms with Gasteiger partial charge >= 0.3 is 5.97 Å². The summed E-state index contributed by atoms with van der Waals surface area (Å²) in [6.45, 7) is 0.972. The number of carbonyl (C=O) groups excluding carboxylic acids is 3. The van der Waals surface area contributed by atoms with E-state index < -0.39 is 12.0 Å². The summed E-state index contributed by atoms with van der Waals surface area (Å²) < 4.78 is 4.76. The predicted octanol–water partition coefficient (Wildman–Crippen LogP) is 1.13. The van der Waals surface area contributed by atoms with Gasteiger partial charge in [-0.25, -0.2) is 4.79 Å². The van der Waals surface area contributed by atoms with Crippen LogP contribution in [0.2, 0.25) is 0 Å². The quantitative estimate of drug-likeness (QED) is 0.762. The number of nitrogens with zero attached hydrogens (tertiary/aromatic N) is 1. The van der Waals surface area contributed by atoms with Gasteiger partial charge in [0.05, 0.1) is 12.7 Å². The molecule has 2 aliphatic rings. The lowest BCUT2D eigenvalue weighted by Crippen LogP contribution is -2.45. The molecule has 3 atom stereocenters. The van der Waals surface area contributed by atoms with Crippen LogP contribution in [-0.2, 0) is 14.3 Å². The smallest absolute Gasteiger partial charge is 0.340 e. The van der Waals surface area contributed by atoms with Crippen molar-refractivity contribution < 1.29 is 19.1 Å². The van der Waals surface area contributed by atoms with Gasteiger partial charge in [0.2, 0.25) is 11.8 Å². The fraction of sp³-hybridized carbons (Fsp3) is 0.588. The standard InChI is InChI=1S/C17H23N3O4S/c1-24-17(23)12-6-8-25-16(12)20-7-5-13(15(20)22)19-14(21)11-4-2-3-10(11)9-18/h6,8,10-11,13H,2-5,7,9,18H2,1H3,(H,19,21)/t10-,11-,13?/m1/s1. The Labute approximate surface area is 150 Å². The van der Waals surface area contributed by atoms with E-state index in [-0.39, 0.29) is 23.7 Å². The van der Waals surface area contributed by atoms with Gasteiger partial charge in [0.15, 0.2) is 0 Å². The highest BCUT2D eigenvalue weighted by Gasteiger charge is 2.39. The number of nitrogens with two attached hydrogens (primary N) is 1. The van der Waals surface area contributed by atoms with Crippen molar-refractivity contribution >= 4 is 34.1 Å². The normalized spacial score (nSPS) is 26.1. The van der Waals surface area contributed by atoms with Gasteiger partial charge in [-0.1, -0.05) is 6.42 Å². The highest BCUT2D eigenvalue weighted by atomic mass is 32.1. The Morgan fingerprint density at radius 1 is 1.40 bits per heavy atom. The number of anilines is 1. The van der Waals surface area contributed by atoms with Crippen LogP contribution in [0.3, 0.4) is 0 Å². The van der Waals surface area contributed by atoms with E-state index >= 15 is 0 Å². The van der Waals surface area contributed by atoms with Crippen molar-refractivity contribution in [1.82, 2.24) is 5.32 Å². The van der Waals surface area contributed by atoms with E-state index in [1.54, 1.807) is 16.3 Å². The third-order valence-corrected chi connectivity index (χ3v) is 6.05. The Morgan fingerprint density at radius 2 is 2.20 bits per heavy atom. The Hall–Kier alpha value is -1.93. The molecule has 1 saturated heterocycles. The number of hydrogen-bond acceptors (Lipinski definition) is 6. The molecule has 8 heteroatoms. The van der Waals surface area contributed by atoms with E-state index in [0.717, 1.165) is 19.3 Å². The van der Waals surface area contributed by atoms with Crippen LogP contribution in [0.5, 0.6) is 0 Å². The second-order valence-electron chi connectivity index (χ2n) is 6.50. The summed E-state index contributed by atoms with van der Waals surface area (Å²) >= 11 is 1.32. The van der Waals surface area contributed by atoms with Crippen LogP contribution in [0.4, 0.5) is 5.00 Å². The first-order chi connectivity index (χ1) is 12.1. The highest BCUT2D eigenvalue weighted by molar-refractivity contribution is 7.14. The zero-order chi connectivity index (χ0) is 18.0. The van der Waals surface area contributed by atoms with E-state index in [9.17, 15) is 14.4 Å². The van der Waals surface area contributed by atoms with E-state index in [2.05, 4.69) is 5.32 Å². The lowest BCUT2D eigenvalue weighted by molar-refractivity contribution is -0.129. The molecule has 1 aliphatic heterocycles. The molecule has 3 rings (SSSR count). The van der Waals surface area contributed by atoms with Crippen LogP contribution in [0.15, 0.2) is 11.4 Å². The second-order valence-corrected chi connectivity index (χ2v) is 7.40. The molecule has 2 heterocycles. The van der Waals surface area contributed by atoms with E-state index in [0.29, 0.717) is 30.1 Å². The summed E-state index contributed by atoms with van der Waals surface area (Å²) in [5.74, 6) is -0.612. The number of nitrogens with one attached hydrogen (secondary N) is 1. The molecule has 2 amide bonds.